The Kier molecular flexibility index (Phi) is 8.19. The van der Waals surface area contributed by atoms with Gasteiger partial charge in [-0.3, -0.25) is 9.89 Å². The fourth-order valence-corrected chi connectivity index (χ4v) is 4.32. The highest BCUT2D eigenvalue weighted by molar-refractivity contribution is 7.13. The topological polar surface area (TPSA) is 87.9 Å². The number of rotatable bonds is 12. The van der Waals surface area contributed by atoms with Crippen molar-refractivity contribution in [2.75, 3.05) is 13.6 Å². The third kappa shape index (κ3) is 6.60. The number of unbranched alkanes of at least 4 members (excludes halogenated alkanes) is 2. The Balaban J connectivity index is 1.09. The zero-order valence-corrected chi connectivity index (χ0v) is 20.0. The molecule has 4 aromatic rings. The number of nitrogens with one attached hydrogen (secondary N) is 1. The summed E-state index contributed by atoms with van der Waals surface area (Å²) in [6, 6.07) is 12.3. The lowest BCUT2D eigenvalue weighted by Gasteiger charge is -2.16. The van der Waals surface area contributed by atoms with Crippen LogP contribution in [0.25, 0.3) is 22.0 Å². The molecule has 34 heavy (non-hydrogen) atoms. The van der Waals surface area contributed by atoms with Crippen molar-refractivity contribution in [3.63, 3.8) is 0 Å². The van der Waals surface area contributed by atoms with Crippen LogP contribution in [-0.2, 0) is 17.6 Å². The van der Waals surface area contributed by atoms with E-state index >= 15 is 0 Å². The molecule has 1 N–H and O–H groups in total. The number of nitrogens with zero attached hydrogens (tertiary/aromatic N) is 4. The fourth-order valence-electron chi connectivity index (χ4n) is 3.67. The molecule has 0 bridgehead atoms. The number of carbonyl (C=O) groups excluding carboxylic acids is 1. The lowest BCUT2D eigenvalue weighted by molar-refractivity contribution is -0.130. The van der Waals surface area contributed by atoms with Crippen LogP contribution in [0.1, 0.15) is 43.7 Å². The number of halogens is 1. The molecule has 0 aliphatic heterocycles. The molecule has 0 saturated carbocycles. The van der Waals surface area contributed by atoms with Crippen molar-refractivity contribution >= 4 is 17.2 Å². The Hall–Kier alpha value is -3.33. The van der Waals surface area contributed by atoms with Crippen molar-refractivity contribution in [2.24, 2.45) is 0 Å². The third-order valence-electron chi connectivity index (χ3n) is 5.63. The van der Waals surface area contributed by atoms with Gasteiger partial charge in [-0.05, 0) is 67.5 Å². The number of H-pyrrole nitrogens is 1. The van der Waals surface area contributed by atoms with E-state index in [2.05, 4.69) is 20.3 Å². The molecule has 7 nitrogen and oxygen atoms in total. The molecule has 0 saturated heterocycles. The van der Waals surface area contributed by atoms with E-state index in [1.165, 1.54) is 12.1 Å². The number of hydrogen-bond donors (Lipinski definition) is 1. The first kappa shape index (κ1) is 23.8. The van der Waals surface area contributed by atoms with Gasteiger partial charge < -0.3 is 9.42 Å². The minimum atomic E-state index is -0.252. The average molecular weight is 482 g/mol. The van der Waals surface area contributed by atoms with E-state index in [0.717, 1.165) is 54.1 Å². The number of aryl methyl sites for hydroxylation is 2. The zero-order chi connectivity index (χ0) is 23.8. The molecule has 0 aliphatic carbocycles. The largest absolute Gasteiger partial charge is 0.346 e. The van der Waals surface area contributed by atoms with Crippen LogP contribution in [0.3, 0.4) is 0 Å². The van der Waals surface area contributed by atoms with E-state index in [1.54, 1.807) is 28.4 Å². The Morgan fingerprint density at radius 1 is 1.12 bits per heavy atom. The van der Waals surface area contributed by atoms with E-state index in [1.807, 2.05) is 30.6 Å². The molecule has 0 unspecified atom stereocenters. The Labute approximate surface area is 202 Å². The highest BCUT2D eigenvalue weighted by Crippen LogP contribution is 2.22. The molecule has 0 radical (unpaired) electrons. The quantitative estimate of drug-likeness (QED) is 0.269. The second kappa shape index (κ2) is 11.7. The third-order valence-corrected chi connectivity index (χ3v) is 6.49. The highest BCUT2D eigenvalue weighted by atomic mass is 32.1. The van der Waals surface area contributed by atoms with Crippen molar-refractivity contribution in [3.8, 4) is 22.0 Å². The fraction of sp³-hybridized carbons (Fsp3) is 0.360. The van der Waals surface area contributed by atoms with Crippen LogP contribution in [0.2, 0.25) is 0 Å². The summed E-state index contributed by atoms with van der Waals surface area (Å²) in [4.78, 5) is 19.6. The zero-order valence-electron chi connectivity index (χ0n) is 19.2. The summed E-state index contributed by atoms with van der Waals surface area (Å²) in [5.74, 6) is 1.06. The van der Waals surface area contributed by atoms with Gasteiger partial charge in [0.1, 0.15) is 5.82 Å². The summed E-state index contributed by atoms with van der Waals surface area (Å²) in [5.41, 5.74) is 2.78. The summed E-state index contributed by atoms with van der Waals surface area (Å²) >= 11 is 1.57. The molecule has 0 aliphatic rings. The monoisotopic (exact) mass is 481 g/mol. The molecule has 0 fully saturated rings. The minimum absolute atomic E-state index is 0.135. The molecule has 1 amide bonds. The molecule has 0 atom stereocenters. The van der Waals surface area contributed by atoms with Gasteiger partial charge in [0.15, 0.2) is 0 Å². The molecule has 3 aromatic heterocycles. The Bertz CT molecular complexity index is 1170. The van der Waals surface area contributed by atoms with Gasteiger partial charge in [-0.25, -0.2) is 4.39 Å². The maximum Gasteiger partial charge on any atom is 0.226 e. The van der Waals surface area contributed by atoms with E-state index in [9.17, 15) is 9.18 Å². The van der Waals surface area contributed by atoms with Crippen molar-refractivity contribution in [3.05, 3.63) is 65.2 Å². The van der Waals surface area contributed by atoms with Crippen LogP contribution in [-0.4, -0.2) is 44.7 Å². The normalized spacial score (nSPS) is 11.1. The molecular weight excluding hydrogens is 453 g/mol. The van der Waals surface area contributed by atoms with Crippen LogP contribution < -0.4 is 0 Å². The van der Waals surface area contributed by atoms with Crippen LogP contribution in [0.4, 0.5) is 4.39 Å². The van der Waals surface area contributed by atoms with Crippen LogP contribution in [0, 0.1) is 5.82 Å². The van der Waals surface area contributed by atoms with Crippen LogP contribution >= 0.6 is 11.3 Å². The molecule has 178 valence electrons. The minimum Gasteiger partial charge on any atom is -0.346 e. The van der Waals surface area contributed by atoms with Crippen LogP contribution in [0.5, 0.6) is 0 Å². The SMILES string of the molecule is CN(CCCCCc1cc(-c2ccc(F)cc2)n[nH]1)C(=O)CCCc1nc(-c2cccs2)no1. The van der Waals surface area contributed by atoms with Gasteiger partial charge in [0.05, 0.1) is 10.6 Å². The Morgan fingerprint density at radius 3 is 2.76 bits per heavy atom. The second-order valence-electron chi connectivity index (χ2n) is 8.25. The summed E-state index contributed by atoms with van der Waals surface area (Å²) in [6.45, 7) is 0.742. The predicted molar refractivity (Wildman–Crippen MR) is 130 cm³/mol. The molecule has 0 spiro atoms. The summed E-state index contributed by atoms with van der Waals surface area (Å²) in [5, 5.41) is 13.3. The first-order valence-corrected chi connectivity index (χ1v) is 12.4. The van der Waals surface area contributed by atoms with Crippen molar-refractivity contribution in [2.45, 2.75) is 44.9 Å². The van der Waals surface area contributed by atoms with Crippen molar-refractivity contribution in [1.82, 2.24) is 25.2 Å². The van der Waals surface area contributed by atoms with E-state index in [0.29, 0.717) is 31.0 Å². The summed E-state index contributed by atoms with van der Waals surface area (Å²) < 4.78 is 18.4. The van der Waals surface area contributed by atoms with Crippen LogP contribution in [0.15, 0.2) is 52.4 Å². The highest BCUT2D eigenvalue weighted by Gasteiger charge is 2.12. The van der Waals surface area contributed by atoms with Crippen molar-refractivity contribution < 1.29 is 13.7 Å². The standard InChI is InChI=1S/C25H28FN5O2S/c1-31(24(32)10-5-9-23-27-25(30-33-23)22-8-6-16-34-22)15-4-2-3-7-20-17-21(29-28-20)18-11-13-19(26)14-12-18/h6,8,11-14,16-17H,2-5,7,9-10,15H2,1H3,(H,28,29). The lowest BCUT2D eigenvalue weighted by atomic mass is 10.1. The Morgan fingerprint density at radius 2 is 1.97 bits per heavy atom. The van der Waals surface area contributed by atoms with Gasteiger partial charge >= 0.3 is 0 Å². The van der Waals surface area contributed by atoms with Gasteiger partial charge in [0.2, 0.25) is 17.6 Å². The second-order valence-corrected chi connectivity index (χ2v) is 9.20. The number of aromatic amines is 1. The van der Waals surface area contributed by atoms with Gasteiger partial charge in [-0.2, -0.15) is 10.1 Å². The number of aromatic nitrogens is 4. The van der Waals surface area contributed by atoms with Crippen molar-refractivity contribution in [1.29, 1.82) is 0 Å². The number of carbonyl (C=O) groups is 1. The van der Waals surface area contributed by atoms with Gasteiger partial charge in [0.25, 0.3) is 0 Å². The number of amides is 1. The number of thiophene rings is 1. The molecule has 1 aromatic carbocycles. The van der Waals surface area contributed by atoms with Gasteiger partial charge in [-0.15, -0.1) is 11.3 Å². The van der Waals surface area contributed by atoms with E-state index in [4.69, 9.17) is 4.52 Å². The number of hydrogen-bond acceptors (Lipinski definition) is 6. The molecule has 3 heterocycles. The van der Waals surface area contributed by atoms with Gasteiger partial charge in [0, 0.05) is 37.7 Å². The van der Waals surface area contributed by atoms with E-state index in [-0.39, 0.29) is 11.7 Å². The summed E-state index contributed by atoms with van der Waals surface area (Å²) in [7, 11) is 1.85. The predicted octanol–water partition coefficient (Wildman–Crippen LogP) is 5.52. The van der Waals surface area contributed by atoms with E-state index < -0.39 is 0 Å². The molecule has 9 heteroatoms. The average Bonchev–Trinajstić information content (AvgIpc) is 3.61. The lowest BCUT2D eigenvalue weighted by Crippen LogP contribution is -2.27. The first-order valence-electron chi connectivity index (χ1n) is 11.5. The first-order chi connectivity index (χ1) is 16.6. The number of benzene rings is 1. The molecule has 4 rings (SSSR count). The maximum absolute atomic E-state index is 13.1. The van der Waals surface area contributed by atoms with Gasteiger partial charge in [-0.1, -0.05) is 17.6 Å². The molecular formula is C25H28FN5O2S. The maximum atomic E-state index is 13.1. The summed E-state index contributed by atoms with van der Waals surface area (Å²) in [6.07, 6.45) is 5.63. The smallest absolute Gasteiger partial charge is 0.226 e.